The van der Waals surface area contributed by atoms with Crippen LogP contribution < -0.4 is 5.32 Å². The molecule has 3 aromatic rings. The summed E-state index contributed by atoms with van der Waals surface area (Å²) >= 11 is 1.13. The fourth-order valence-electron chi connectivity index (χ4n) is 2.99. The highest BCUT2D eigenvalue weighted by Gasteiger charge is 2.25. The molecule has 8 heteroatoms. The number of amides is 2. The highest BCUT2D eigenvalue weighted by molar-refractivity contribution is 7.18. The zero-order valence-corrected chi connectivity index (χ0v) is 15.4. The maximum absolute atomic E-state index is 12.9. The Morgan fingerprint density at radius 3 is 2.67 bits per heavy atom. The first-order chi connectivity index (χ1) is 13.2. The minimum Gasteiger partial charge on any atom is -0.463 e. The minimum absolute atomic E-state index is 0.189. The molecule has 0 aromatic carbocycles. The second-order valence-corrected chi connectivity index (χ2v) is 7.20. The van der Waals surface area contributed by atoms with E-state index in [9.17, 15) is 9.59 Å². The van der Waals surface area contributed by atoms with Gasteiger partial charge in [-0.1, -0.05) is 17.4 Å². The first-order valence-corrected chi connectivity index (χ1v) is 9.60. The maximum atomic E-state index is 12.9. The van der Waals surface area contributed by atoms with E-state index >= 15 is 0 Å². The van der Waals surface area contributed by atoms with Crippen LogP contribution in [0.25, 0.3) is 11.5 Å². The molecule has 0 saturated carbocycles. The van der Waals surface area contributed by atoms with Crippen LogP contribution in [0.3, 0.4) is 0 Å². The van der Waals surface area contributed by atoms with E-state index in [0.29, 0.717) is 27.2 Å². The van der Waals surface area contributed by atoms with Gasteiger partial charge < -0.3 is 9.32 Å². The standard InChI is InChI=1S/C19H18N4O3S/c24-16(13-7-2-3-9-20-13)17-15(14-8-6-12-26-14)21-18(27-17)22-19(25)23-10-4-1-5-11-23/h2-3,6-9,12H,1,4-5,10-11H2,(H,21,22,25). The number of hydrogen-bond donors (Lipinski definition) is 1. The van der Waals surface area contributed by atoms with Crippen LogP contribution >= 0.6 is 11.3 Å². The van der Waals surface area contributed by atoms with E-state index in [1.807, 2.05) is 0 Å². The number of urea groups is 1. The van der Waals surface area contributed by atoms with Gasteiger partial charge in [-0.2, -0.15) is 0 Å². The van der Waals surface area contributed by atoms with Crippen molar-refractivity contribution in [2.75, 3.05) is 18.4 Å². The van der Waals surface area contributed by atoms with E-state index in [0.717, 1.165) is 43.7 Å². The van der Waals surface area contributed by atoms with Crippen molar-refractivity contribution in [1.82, 2.24) is 14.9 Å². The Hall–Kier alpha value is -3.00. The van der Waals surface area contributed by atoms with Gasteiger partial charge >= 0.3 is 6.03 Å². The molecule has 0 spiro atoms. The molecular weight excluding hydrogens is 364 g/mol. The van der Waals surface area contributed by atoms with E-state index in [1.165, 1.54) is 6.26 Å². The van der Waals surface area contributed by atoms with Crippen LogP contribution in [0.15, 0.2) is 47.2 Å². The lowest BCUT2D eigenvalue weighted by molar-refractivity contribution is 0.103. The Kier molecular flexibility index (Phi) is 4.97. The van der Waals surface area contributed by atoms with Gasteiger partial charge in [-0.05, 0) is 43.5 Å². The summed E-state index contributed by atoms with van der Waals surface area (Å²) in [5, 5.41) is 3.19. The van der Waals surface area contributed by atoms with Crippen LogP contribution in [-0.4, -0.2) is 39.8 Å². The molecule has 1 N–H and O–H groups in total. The fraction of sp³-hybridized carbons (Fsp3) is 0.263. The summed E-state index contributed by atoms with van der Waals surface area (Å²) in [6, 6.07) is 8.44. The SMILES string of the molecule is O=C(c1ccccn1)c1sc(NC(=O)N2CCCCC2)nc1-c1ccco1. The van der Waals surface area contributed by atoms with E-state index in [2.05, 4.69) is 15.3 Å². The highest BCUT2D eigenvalue weighted by atomic mass is 32.1. The summed E-state index contributed by atoms with van der Waals surface area (Å²) < 4.78 is 5.43. The van der Waals surface area contributed by atoms with Gasteiger partial charge in [0.2, 0.25) is 5.78 Å². The molecule has 0 atom stereocenters. The lowest BCUT2D eigenvalue weighted by Crippen LogP contribution is -2.38. The Morgan fingerprint density at radius 1 is 1.11 bits per heavy atom. The predicted molar refractivity (Wildman–Crippen MR) is 102 cm³/mol. The van der Waals surface area contributed by atoms with Crippen molar-refractivity contribution < 1.29 is 14.0 Å². The normalized spacial score (nSPS) is 14.1. The summed E-state index contributed by atoms with van der Waals surface area (Å²) in [6.07, 6.45) is 6.25. The van der Waals surface area contributed by atoms with Gasteiger partial charge in [0, 0.05) is 19.3 Å². The smallest absolute Gasteiger partial charge is 0.323 e. The van der Waals surface area contributed by atoms with Gasteiger partial charge in [-0.15, -0.1) is 0 Å². The maximum Gasteiger partial charge on any atom is 0.323 e. The van der Waals surface area contributed by atoms with Crippen molar-refractivity contribution in [1.29, 1.82) is 0 Å². The van der Waals surface area contributed by atoms with E-state index in [-0.39, 0.29) is 11.8 Å². The van der Waals surface area contributed by atoms with Crippen molar-refractivity contribution in [2.45, 2.75) is 19.3 Å². The summed E-state index contributed by atoms with van der Waals surface area (Å²) in [5.74, 6) is 0.224. The predicted octanol–water partition coefficient (Wildman–Crippen LogP) is 4.05. The molecule has 0 aliphatic carbocycles. The molecule has 0 unspecified atom stereocenters. The van der Waals surface area contributed by atoms with Crippen molar-refractivity contribution in [3.63, 3.8) is 0 Å². The lowest BCUT2D eigenvalue weighted by Gasteiger charge is -2.26. The average Bonchev–Trinajstić information content (AvgIpc) is 3.38. The molecule has 1 fully saturated rings. The summed E-state index contributed by atoms with van der Waals surface area (Å²) in [4.78, 5) is 36.1. The molecule has 3 aromatic heterocycles. The third-order valence-corrected chi connectivity index (χ3v) is 5.31. The number of hydrogen-bond acceptors (Lipinski definition) is 6. The topological polar surface area (TPSA) is 88.3 Å². The zero-order chi connectivity index (χ0) is 18.6. The Morgan fingerprint density at radius 2 is 1.96 bits per heavy atom. The quantitative estimate of drug-likeness (QED) is 0.688. The Bertz CT molecular complexity index is 931. The number of nitrogens with zero attached hydrogens (tertiary/aromatic N) is 3. The van der Waals surface area contributed by atoms with E-state index < -0.39 is 0 Å². The number of anilines is 1. The monoisotopic (exact) mass is 382 g/mol. The number of furan rings is 1. The number of aromatic nitrogens is 2. The minimum atomic E-state index is -0.252. The molecule has 0 radical (unpaired) electrons. The van der Waals surface area contributed by atoms with Gasteiger partial charge in [0.05, 0.1) is 6.26 Å². The summed E-state index contributed by atoms with van der Waals surface area (Å²) in [5.41, 5.74) is 0.734. The van der Waals surface area contributed by atoms with Crippen LogP contribution in [-0.2, 0) is 0 Å². The van der Waals surface area contributed by atoms with Gasteiger partial charge in [0.15, 0.2) is 10.9 Å². The molecule has 1 saturated heterocycles. The number of carbonyl (C=O) groups is 2. The molecular formula is C19H18N4O3S. The summed E-state index contributed by atoms with van der Waals surface area (Å²) in [7, 11) is 0. The number of rotatable bonds is 4. The average molecular weight is 382 g/mol. The van der Waals surface area contributed by atoms with Gasteiger partial charge in [-0.25, -0.2) is 9.78 Å². The van der Waals surface area contributed by atoms with Gasteiger partial charge in [0.1, 0.15) is 16.3 Å². The number of pyridine rings is 1. The molecule has 27 heavy (non-hydrogen) atoms. The fourth-order valence-corrected chi connectivity index (χ4v) is 3.90. The third kappa shape index (κ3) is 3.75. The van der Waals surface area contributed by atoms with Crippen molar-refractivity contribution >= 4 is 28.3 Å². The lowest BCUT2D eigenvalue weighted by atomic mass is 10.1. The third-order valence-electron chi connectivity index (χ3n) is 4.34. The van der Waals surface area contributed by atoms with Crippen molar-refractivity contribution in [3.8, 4) is 11.5 Å². The molecule has 4 rings (SSSR count). The highest BCUT2D eigenvalue weighted by Crippen LogP contribution is 2.33. The number of ketones is 1. The van der Waals surface area contributed by atoms with Crippen molar-refractivity contribution in [2.24, 2.45) is 0 Å². The van der Waals surface area contributed by atoms with Crippen LogP contribution in [0.5, 0.6) is 0 Å². The second-order valence-electron chi connectivity index (χ2n) is 6.20. The van der Waals surface area contributed by atoms with Crippen LogP contribution in [0, 0.1) is 0 Å². The van der Waals surface area contributed by atoms with Crippen LogP contribution in [0.1, 0.15) is 34.6 Å². The zero-order valence-electron chi connectivity index (χ0n) is 14.6. The molecule has 0 bridgehead atoms. The molecule has 138 valence electrons. The first-order valence-electron chi connectivity index (χ1n) is 8.79. The van der Waals surface area contributed by atoms with E-state index in [1.54, 1.807) is 41.4 Å². The number of carbonyl (C=O) groups excluding carboxylic acids is 2. The number of piperidine rings is 1. The molecule has 1 aliphatic rings. The number of thiazole rings is 1. The van der Waals surface area contributed by atoms with Crippen LogP contribution in [0.4, 0.5) is 9.93 Å². The molecule has 4 heterocycles. The van der Waals surface area contributed by atoms with E-state index in [4.69, 9.17) is 4.42 Å². The van der Waals surface area contributed by atoms with Crippen molar-refractivity contribution in [3.05, 3.63) is 53.4 Å². The van der Waals surface area contributed by atoms with Crippen LogP contribution in [0.2, 0.25) is 0 Å². The second kappa shape index (κ2) is 7.71. The molecule has 1 aliphatic heterocycles. The molecule has 7 nitrogen and oxygen atoms in total. The molecule has 2 amide bonds. The van der Waals surface area contributed by atoms with Gasteiger partial charge in [0.25, 0.3) is 0 Å². The first kappa shape index (κ1) is 17.4. The largest absolute Gasteiger partial charge is 0.463 e. The Labute approximate surface area is 160 Å². The summed E-state index contributed by atoms with van der Waals surface area (Å²) in [6.45, 7) is 1.48. The number of likely N-dealkylation sites (tertiary alicyclic amines) is 1. The number of nitrogens with one attached hydrogen (secondary N) is 1. The van der Waals surface area contributed by atoms with Gasteiger partial charge in [-0.3, -0.25) is 15.1 Å². The Balaban J connectivity index is 1.64.